The monoisotopic (exact) mass is 540 g/mol. The van der Waals surface area contributed by atoms with Crippen molar-refractivity contribution in [3.63, 3.8) is 0 Å². The number of hydrogen-bond donors (Lipinski definition) is 3. The zero-order chi connectivity index (χ0) is 28.2. The summed E-state index contributed by atoms with van der Waals surface area (Å²) in [6.45, 7) is 0. The van der Waals surface area contributed by atoms with Gasteiger partial charge in [0.2, 0.25) is 5.91 Å². The van der Waals surface area contributed by atoms with Gasteiger partial charge in [-0.15, -0.1) is 5.06 Å². The highest BCUT2D eigenvalue weighted by Crippen LogP contribution is 2.15. The van der Waals surface area contributed by atoms with E-state index in [4.69, 9.17) is 9.94 Å². The molecule has 0 aromatic rings. The first-order chi connectivity index (χ1) is 18.2. The quantitative estimate of drug-likeness (QED) is 0.127. The molecule has 0 aromatic carbocycles. The van der Waals surface area contributed by atoms with Crippen molar-refractivity contribution in [2.45, 2.75) is 134 Å². The van der Waals surface area contributed by atoms with Gasteiger partial charge < -0.3 is 20.4 Å². The number of aliphatic carboxylic acids is 2. The average Bonchev–Trinajstić information content (AvgIpc) is 3.17. The number of hydroxylamine groups is 2. The Labute approximate surface area is 224 Å². The molecule has 1 aliphatic rings. The fourth-order valence-electron chi connectivity index (χ4n) is 4.27. The van der Waals surface area contributed by atoms with Crippen LogP contribution in [0.2, 0.25) is 0 Å². The molecule has 0 saturated carbocycles. The number of imide groups is 1. The van der Waals surface area contributed by atoms with Gasteiger partial charge in [-0.3, -0.25) is 19.2 Å². The molecule has 1 fully saturated rings. The third-order valence-corrected chi connectivity index (χ3v) is 6.51. The Hall–Kier alpha value is -2.98. The Morgan fingerprint density at radius 1 is 0.684 bits per heavy atom. The highest BCUT2D eigenvalue weighted by molar-refractivity contribution is 6.01. The molecule has 0 aliphatic carbocycles. The van der Waals surface area contributed by atoms with Gasteiger partial charge in [-0.05, 0) is 19.3 Å². The van der Waals surface area contributed by atoms with Crippen LogP contribution in [0.15, 0.2) is 0 Å². The third kappa shape index (κ3) is 16.0. The summed E-state index contributed by atoms with van der Waals surface area (Å²) < 4.78 is 0. The van der Waals surface area contributed by atoms with Gasteiger partial charge in [-0.2, -0.15) is 0 Å². The number of carbonyl (C=O) groups is 6. The summed E-state index contributed by atoms with van der Waals surface area (Å²) in [6.07, 6.45) is 14.8. The lowest BCUT2D eigenvalue weighted by molar-refractivity contribution is -0.197. The molecule has 216 valence electrons. The maximum atomic E-state index is 12.1. The van der Waals surface area contributed by atoms with E-state index in [2.05, 4.69) is 5.32 Å². The van der Waals surface area contributed by atoms with Gasteiger partial charge in [0.1, 0.15) is 6.04 Å². The molecule has 0 bridgehead atoms. The largest absolute Gasteiger partial charge is 0.481 e. The summed E-state index contributed by atoms with van der Waals surface area (Å²) in [6, 6.07) is -1.25. The number of unbranched alkanes of at least 4 members (excludes halogenated alkanes) is 13. The number of nitrogens with zero attached hydrogens (tertiary/aromatic N) is 1. The maximum Gasteiger partial charge on any atom is 0.333 e. The Balaban J connectivity index is 2.00. The van der Waals surface area contributed by atoms with Crippen LogP contribution in [0.4, 0.5) is 0 Å². The molecule has 0 radical (unpaired) electrons. The fourth-order valence-corrected chi connectivity index (χ4v) is 4.27. The first-order valence-electron chi connectivity index (χ1n) is 14.0. The maximum absolute atomic E-state index is 12.1. The van der Waals surface area contributed by atoms with Gasteiger partial charge in [-0.25, -0.2) is 9.59 Å². The van der Waals surface area contributed by atoms with Gasteiger partial charge >= 0.3 is 17.9 Å². The molecule has 3 amide bonds. The standard InChI is InChI=1S/C27H44N2O9/c30-22(28-21(27(36)37)17-20-26(35)38-29-23(31)18-19-24(29)32)15-13-11-9-7-5-3-1-2-4-6-8-10-12-14-16-25(33)34/h21H,1-20H2,(H,28,30)(H,33,34)(H,36,37). The van der Waals surface area contributed by atoms with Crippen molar-refractivity contribution in [3.8, 4) is 0 Å². The van der Waals surface area contributed by atoms with Crippen LogP contribution in [-0.4, -0.2) is 56.9 Å². The SMILES string of the molecule is O=C(O)CCCCCCCCCCCCCCCCC(=O)NC(CCC(=O)ON1C(=O)CCC1=O)C(=O)O. The molecule has 1 rings (SSSR count). The Bertz CT molecular complexity index is 769. The first-order valence-corrected chi connectivity index (χ1v) is 14.0. The molecule has 1 atom stereocenters. The van der Waals surface area contributed by atoms with E-state index in [1.807, 2.05) is 0 Å². The van der Waals surface area contributed by atoms with Crippen LogP contribution >= 0.6 is 0 Å². The van der Waals surface area contributed by atoms with Crippen LogP contribution in [0, 0.1) is 0 Å². The summed E-state index contributed by atoms with van der Waals surface area (Å²) in [5.74, 6) is -4.50. The van der Waals surface area contributed by atoms with Crippen molar-refractivity contribution in [1.82, 2.24) is 10.4 Å². The summed E-state index contributed by atoms with van der Waals surface area (Å²) in [7, 11) is 0. The molecule has 11 nitrogen and oxygen atoms in total. The number of carboxylic acids is 2. The number of amides is 3. The molecular weight excluding hydrogens is 496 g/mol. The van der Waals surface area contributed by atoms with Crippen molar-refractivity contribution < 1.29 is 43.8 Å². The van der Waals surface area contributed by atoms with Crippen LogP contribution in [0.1, 0.15) is 128 Å². The highest BCUT2D eigenvalue weighted by Gasteiger charge is 2.33. The number of rotatable bonds is 23. The van der Waals surface area contributed by atoms with E-state index in [0.717, 1.165) is 44.9 Å². The van der Waals surface area contributed by atoms with Gasteiger partial charge in [0.05, 0.1) is 6.42 Å². The second-order valence-electron chi connectivity index (χ2n) is 9.89. The Morgan fingerprint density at radius 3 is 1.53 bits per heavy atom. The molecule has 1 saturated heterocycles. The summed E-state index contributed by atoms with van der Waals surface area (Å²) >= 11 is 0. The Kier molecular flexibility index (Phi) is 17.4. The van der Waals surface area contributed by atoms with Crippen molar-refractivity contribution in [2.24, 2.45) is 0 Å². The lowest BCUT2D eigenvalue weighted by Crippen LogP contribution is -2.41. The van der Waals surface area contributed by atoms with Gasteiger partial charge in [0, 0.05) is 25.7 Å². The zero-order valence-electron chi connectivity index (χ0n) is 22.4. The molecule has 0 spiro atoms. The third-order valence-electron chi connectivity index (χ3n) is 6.51. The highest BCUT2D eigenvalue weighted by atomic mass is 16.7. The smallest absolute Gasteiger partial charge is 0.333 e. The van der Waals surface area contributed by atoms with E-state index in [0.29, 0.717) is 11.5 Å². The predicted octanol–water partition coefficient (Wildman–Crippen LogP) is 4.27. The molecule has 11 heteroatoms. The predicted molar refractivity (Wildman–Crippen MR) is 137 cm³/mol. The fraction of sp³-hybridized carbons (Fsp3) is 0.778. The molecule has 1 unspecified atom stereocenters. The van der Waals surface area contributed by atoms with Gasteiger partial charge in [0.15, 0.2) is 0 Å². The van der Waals surface area contributed by atoms with Crippen molar-refractivity contribution in [1.29, 1.82) is 0 Å². The minimum absolute atomic E-state index is 0.0270. The van der Waals surface area contributed by atoms with Crippen molar-refractivity contribution in [2.75, 3.05) is 0 Å². The van der Waals surface area contributed by atoms with Crippen LogP contribution in [0.25, 0.3) is 0 Å². The van der Waals surface area contributed by atoms with Gasteiger partial charge in [-0.1, -0.05) is 77.0 Å². The number of hydrogen-bond acceptors (Lipinski definition) is 7. The number of carbonyl (C=O) groups excluding carboxylic acids is 4. The molecule has 38 heavy (non-hydrogen) atoms. The summed E-state index contributed by atoms with van der Waals surface area (Å²) in [5.41, 5.74) is 0. The van der Waals surface area contributed by atoms with Crippen molar-refractivity contribution in [3.05, 3.63) is 0 Å². The van der Waals surface area contributed by atoms with E-state index < -0.39 is 41.7 Å². The molecule has 3 N–H and O–H groups in total. The zero-order valence-corrected chi connectivity index (χ0v) is 22.4. The van der Waals surface area contributed by atoms with Crippen molar-refractivity contribution >= 4 is 35.6 Å². The second-order valence-corrected chi connectivity index (χ2v) is 9.89. The molecule has 0 aromatic heterocycles. The van der Waals surface area contributed by atoms with Crippen LogP contribution in [-0.2, 0) is 33.6 Å². The van der Waals surface area contributed by atoms with Crippen LogP contribution < -0.4 is 5.32 Å². The van der Waals surface area contributed by atoms with Gasteiger partial charge in [0.25, 0.3) is 11.8 Å². The number of nitrogens with one attached hydrogen (secondary N) is 1. The lowest BCUT2D eigenvalue weighted by atomic mass is 10.0. The summed E-state index contributed by atoms with van der Waals surface area (Å²) in [5, 5.41) is 20.7. The normalized spacial score (nSPS) is 13.9. The average molecular weight is 541 g/mol. The van der Waals surface area contributed by atoms with E-state index in [-0.39, 0.29) is 38.5 Å². The lowest BCUT2D eigenvalue weighted by Gasteiger charge is -2.16. The summed E-state index contributed by atoms with van der Waals surface area (Å²) in [4.78, 5) is 73.5. The number of carboxylic acid groups (broad SMARTS) is 2. The Morgan fingerprint density at radius 2 is 1.11 bits per heavy atom. The molecule has 1 heterocycles. The second kappa shape index (κ2) is 20.0. The molecular formula is C27H44N2O9. The van der Waals surface area contributed by atoms with Crippen LogP contribution in [0.3, 0.4) is 0 Å². The van der Waals surface area contributed by atoms with E-state index in [1.165, 1.54) is 38.5 Å². The molecule has 1 aliphatic heterocycles. The van der Waals surface area contributed by atoms with E-state index in [9.17, 15) is 33.9 Å². The topological polar surface area (TPSA) is 167 Å². The first kappa shape index (κ1) is 33.0. The van der Waals surface area contributed by atoms with E-state index >= 15 is 0 Å². The minimum Gasteiger partial charge on any atom is -0.481 e. The van der Waals surface area contributed by atoms with Crippen LogP contribution in [0.5, 0.6) is 0 Å². The minimum atomic E-state index is -1.27. The van der Waals surface area contributed by atoms with E-state index in [1.54, 1.807) is 0 Å².